The topological polar surface area (TPSA) is 75.7 Å². The van der Waals surface area contributed by atoms with Gasteiger partial charge in [0.25, 0.3) is 15.9 Å². The van der Waals surface area contributed by atoms with Crippen LogP contribution in [0.15, 0.2) is 47.4 Å². The maximum absolute atomic E-state index is 13.1. The molecule has 1 saturated heterocycles. The molecule has 1 N–H and O–H groups in total. The Kier molecular flexibility index (Phi) is 7.33. The van der Waals surface area contributed by atoms with Crippen molar-refractivity contribution in [3.63, 3.8) is 0 Å². The Morgan fingerprint density at radius 1 is 1.27 bits per heavy atom. The van der Waals surface area contributed by atoms with Crippen LogP contribution in [0, 0.1) is 5.82 Å². The zero-order valence-electron chi connectivity index (χ0n) is 16.6. The highest BCUT2D eigenvalue weighted by atomic mass is 35.5. The van der Waals surface area contributed by atoms with E-state index in [1.54, 1.807) is 4.90 Å². The normalized spacial score (nSPS) is 17.0. The van der Waals surface area contributed by atoms with Crippen LogP contribution < -0.4 is 4.72 Å². The van der Waals surface area contributed by atoms with Gasteiger partial charge in [0.05, 0.1) is 21.6 Å². The Balaban J connectivity index is 1.80. The average molecular weight is 455 g/mol. The molecule has 0 aliphatic carbocycles. The third kappa shape index (κ3) is 5.50. The van der Waals surface area contributed by atoms with Gasteiger partial charge in [0.2, 0.25) is 0 Å². The van der Waals surface area contributed by atoms with Gasteiger partial charge in [-0.1, -0.05) is 18.5 Å². The highest BCUT2D eigenvalue weighted by Gasteiger charge is 2.27. The molecule has 3 rings (SSSR count). The number of likely N-dealkylation sites (tertiary alicyclic amines) is 1. The SMILES string of the molecule is CCCOC1CCCN(C(=O)c2cc(S(=O)(=O)Nc3ccc(F)cc3)ccc2Cl)C1. The quantitative estimate of drug-likeness (QED) is 0.676. The number of piperidine rings is 1. The molecule has 2 aromatic carbocycles. The summed E-state index contributed by atoms with van der Waals surface area (Å²) in [6.07, 6.45) is 2.56. The van der Waals surface area contributed by atoms with Crippen LogP contribution in [0.2, 0.25) is 5.02 Å². The highest BCUT2D eigenvalue weighted by molar-refractivity contribution is 7.92. The number of sulfonamides is 1. The van der Waals surface area contributed by atoms with Gasteiger partial charge in [0.1, 0.15) is 5.82 Å². The summed E-state index contributed by atoms with van der Waals surface area (Å²) in [5, 5.41) is 0.178. The predicted molar refractivity (Wildman–Crippen MR) is 114 cm³/mol. The fraction of sp³-hybridized carbons (Fsp3) is 0.381. The number of ether oxygens (including phenoxy) is 1. The second kappa shape index (κ2) is 9.76. The number of hydrogen-bond donors (Lipinski definition) is 1. The van der Waals surface area contributed by atoms with Crippen LogP contribution in [-0.4, -0.2) is 45.0 Å². The summed E-state index contributed by atoms with van der Waals surface area (Å²) >= 11 is 6.22. The third-order valence-corrected chi connectivity index (χ3v) is 6.51. The Morgan fingerprint density at radius 3 is 2.70 bits per heavy atom. The van der Waals surface area contributed by atoms with Crippen molar-refractivity contribution in [1.29, 1.82) is 0 Å². The number of rotatable bonds is 7. The highest BCUT2D eigenvalue weighted by Crippen LogP contribution is 2.25. The molecule has 9 heteroatoms. The van der Waals surface area contributed by atoms with Crippen LogP contribution in [0.3, 0.4) is 0 Å². The summed E-state index contributed by atoms with van der Waals surface area (Å²) in [5.74, 6) is -0.802. The first kappa shape index (κ1) is 22.5. The molecular weight excluding hydrogens is 431 g/mol. The van der Waals surface area contributed by atoms with Gasteiger partial charge < -0.3 is 9.64 Å². The van der Waals surface area contributed by atoms with Crippen molar-refractivity contribution in [1.82, 2.24) is 4.90 Å². The summed E-state index contributed by atoms with van der Waals surface area (Å²) in [7, 11) is -3.98. The van der Waals surface area contributed by atoms with E-state index in [-0.39, 0.29) is 33.2 Å². The lowest BCUT2D eigenvalue weighted by Crippen LogP contribution is -2.43. The molecule has 0 aromatic heterocycles. The number of amides is 1. The molecule has 2 aromatic rings. The van der Waals surface area contributed by atoms with Gasteiger partial charge in [-0.2, -0.15) is 0 Å². The van der Waals surface area contributed by atoms with Gasteiger partial charge in [-0.05, 0) is 61.7 Å². The standard InChI is InChI=1S/C21H24ClFN2O4S/c1-2-12-29-17-4-3-11-25(14-17)21(26)19-13-18(9-10-20(19)22)30(27,28)24-16-7-5-15(23)6-8-16/h5-10,13,17,24H,2-4,11-12,14H2,1H3. The maximum atomic E-state index is 13.1. The number of hydrogen-bond acceptors (Lipinski definition) is 4. The lowest BCUT2D eigenvalue weighted by atomic mass is 10.1. The summed E-state index contributed by atoms with van der Waals surface area (Å²) in [6.45, 7) is 3.67. The number of anilines is 1. The molecule has 0 spiro atoms. The second-order valence-corrected chi connectivity index (χ2v) is 9.23. The van der Waals surface area contributed by atoms with Crippen molar-refractivity contribution in [3.8, 4) is 0 Å². The fourth-order valence-corrected chi connectivity index (χ4v) is 4.56. The molecule has 0 saturated carbocycles. The van der Waals surface area contributed by atoms with Crippen LogP contribution in [0.4, 0.5) is 10.1 Å². The van der Waals surface area contributed by atoms with Crippen molar-refractivity contribution in [2.24, 2.45) is 0 Å². The van der Waals surface area contributed by atoms with Crippen molar-refractivity contribution in [2.45, 2.75) is 37.2 Å². The number of benzene rings is 2. The monoisotopic (exact) mass is 454 g/mol. The lowest BCUT2D eigenvalue weighted by Gasteiger charge is -2.33. The number of nitrogens with one attached hydrogen (secondary N) is 1. The smallest absolute Gasteiger partial charge is 0.261 e. The summed E-state index contributed by atoms with van der Waals surface area (Å²) < 4.78 is 46.7. The first-order valence-corrected chi connectivity index (χ1v) is 11.6. The molecule has 162 valence electrons. The van der Waals surface area contributed by atoms with E-state index in [1.807, 2.05) is 6.92 Å². The molecule has 6 nitrogen and oxygen atoms in total. The van der Waals surface area contributed by atoms with Crippen LogP contribution in [0.25, 0.3) is 0 Å². The Hall–Kier alpha value is -2.16. The van der Waals surface area contributed by atoms with Gasteiger partial charge in [-0.25, -0.2) is 12.8 Å². The largest absolute Gasteiger partial charge is 0.376 e. The van der Waals surface area contributed by atoms with E-state index in [0.717, 1.165) is 31.4 Å². The van der Waals surface area contributed by atoms with Crippen LogP contribution in [-0.2, 0) is 14.8 Å². The first-order chi connectivity index (χ1) is 14.3. The van der Waals surface area contributed by atoms with E-state index in [0.29, 0.717) is 19.7 Å². The van der Waals surface area contributed by atoms with E-state index in [9.17, 15) is 17.6 Å². The van der Waals surface area contributed by atoms with Gasteiger partial charge in [0.15, 0.2) is 0 Å². The first-order valence-electron chi connectivity index (χ1n) is 9.79. The van der Waals surface area contributed by atoms with E-state index in [2.05, 4.69) is 4.72 Å². The number of halogens is 2. The Morgan fingerprint density at radius 2 is 2.00 bits per heavy atom. The second-order valence-electron chi connectivity index (χ2n) is 7.14. The minimum absolute atomic E-state index is 0.0338. The molecular formula is C21H24ClFN2O4S. The van der Waals surface area contributed by atoms with Gasteiger partial charge >= 0.3 is 0 Å². The van der Waals surface area contributed by atoms with E-state index in [1.165, 1.54) is 30.3 Å². The molecule has 1 aliphatic heterocycles. The maximum Gasteiger partial charge on any atom is 0.261 e. The van der Waals surface area contributed by atoms with Crippen LogP contribution in [0.1, 0.15) is 36.5 Å². The number of nitrogens with zero attached hydrogens (tertiary/aromatic N) is 1. The van der Waals surface area contributed by atoms with Crippen molar-refractivity contribution < 1.29 is 22.3 Å². The molecule has 1 amide bonds. The molecule has 1 fully saturated rings. The molecule has 1 heterocycles. The molecule has 1 aliphatic rings. The average Bonchev–Trinajstić information content (AvgIpc) is 2.73. The van der Waals surface area contributed by atoms with Gasteiger partial charge in [-0.15, -0.1) is 0 Å². The summed E-state index contributed by atoms with van der Waals surface area (Å²) in [6, 6.07) is 8.94. The van der Waals surface area contributed by atoms with Crippen molar-refractivity contribution in [2.75, 3.05) is 24.4 Å². The molecule has 1 unspecified atom stereocenters. The van der Waals surface area contributed by atoms with Gasteiger partial charge in [0, 0.05) is 25.4 Å². The third-order valence-electron chi connectivity index (χ3n) is 4.80. The molecule has 0 radical (unpaired) electrons. The summed E-state index contributed by atoms with van der Waals surface area (Å²) in [5.41, 5.74) is 0.334. The van der Waals surface area contributed by atoms with E-state index < -0.39 is 15.8 Å². The van der Waals surface area contributed by atoms with Crippen LogP contribution in [0.5, 0.6) is 0 Å². The predicted octanol–water partition coefficient (Wildman–Crippen LogP) is 4.31. The Bertz CT molecular complexity index is 999. The zero-order valence-corrected chi connectivity index (χ0v) is 18.2. The zero-order chi connectivity index (χ0) is 21.7. The fourth-order valence-electron chi connectivity index (χ4n) is 3.28. The van der Waals surface area contributed by atoms with E-state index >= 15 is 0 Å². The molecule has 30 heavy (non-hydrogen) atoms. The van der Waals surface area contributed by atoms with Crippen molar-refractivity contribution in [3.05, 3.63) is 58.9 Å². The van der Waals surface area contributed by atoms with Gasteiger partial charge in [-0.3, -0.25) is 9.52 Å². The Labute approximate surface area is 181 Å². The lowest BCUT2D eigenvalue weighted by molar-refractivity contribution is 0.00211. The minimum Gasteiger partial charge on any atom is -0.376 e. The van der Waals surface area contributed by atoms with E-state index in [4.69, 9.17) is 16.3 Å². The molecule has 0 bridgehead atoms. The molecule has 1 atom stereocenters. The number of carbonyl (C=O) groups excluding carboxylic acids is 1. The van der Waals surface area contributed by atoms with Crippen molar-refractivity contribution >= 4 is 33.2 Å². The summed E-state index contributed by atoms with van der Waals surface area (Å²) in [4.78, 5) is 14.6. The number of carbonyl (C=O) groups is 1. The minimum atomic E-state index is -3.98. The van der Waals surface area contributed by atoms with Crippen LogP contribution >= 0.6 is 11.6 Å².